The second-order valence-corrected chi connectivity index (χ2v) is 7.96. The van der Waals surface area contributed by atoms with Gasteiger partial charge >= 0.3 is 0 Å². The molecule has 0 aliphatic carbocycles. The van der Waals surface area contributed by atoms with Gasteiger partial charge in [-0.05, 0) is 24.1 Å². The molecule has 10 heteroatoms. The van der Waals surface area contributed by atoms with Crippen LogP contribution in [0.4, 0.5) is 0 Å². The lowest BCUT2D eigenvalue weighted by Crippen LogP contribution is -2.41. The molecule has 1 aromatic heterocycles. The van der Waals surface area contributed by atoms with Gasteiger partial charge in [-0.15, -0.1) is 24.0 Å². The molecule has 0 unspecified atom stereocenters. The van der Waals surface area contributed by atoms with Crippen LogP contribution >= 0.6 is 24.0 Å². The summed E-state index contributed by atoms with van der Waals surface area (Å²) in [5.74, 6) is 1.32. The molecule has 0 aliphatic rings. The number of hydrogen-bond donors (Lipinski definition) is 3. The van der Waals surface area contributed by atoms with Gasteiger partial charge in [0.1, 0.15) is 12.4 Å². The van der Waals surface area contributed by atoms with E-state index in [0.29, 0.717) is 25.7 Å². The van der Waals surface area contributed by atoms with Crippen LogP contribution in [0.15, 0.2) is 58.1 Å². The van der Waals surface area contributed by atoms with Crippen molar-refractivity contribution in [1.29, 1.82) is 0 Å². The third kappa shape index (κ3) is 11.2. The van der Waals surface area contributed by atoms with Gasteiger partial charge in [-0.1, -0.05) is 30.3 Å². The molecule has 8 nitrogen and oxygen atoms in total. The van der Waals surface area contributed by atoms with Crippen LogP contribution in [0, 0.1) is 0 Å². The second kappa shape index (κ2) is 14.4. The predicted octanol–water partition coefficient (Wildman–Crippen LogP) is 2.09. The minimum atomic E-state index is -3.36. The zero-order valence-corrected chi connectivity index (χ0v) is 19.6. The van der Waals surface area contributed by atoms with E-state index in [1.54, 1.807) is 13.3 Å². The van der Waals surface area contributed by atoms with Gasteiger partial charge in [0.25, 0.3) is 0 Å². The van der Waals surface area contributed by atoms with E-state index < -0.39 is 10.0 Å². The lowest BCUT2D eigenvalue weighted by atomic mass is 10.2. The monoisotopic (exact) mass is 536 g/mol. The van der Waals surface area contributed by atoms with Crippen molar-refractivity contribution < 1.29 is 17.6 Å². The highest BCUT2D eigenvalue weighted by atomic mass is 127. The lowest BCUT2D eigenvalue weighted by Gasteiger charge is -2.12. The van der Waals surface area contributed by atoms with Crippen LogP contribution in [0.5, 0.6) is 0 Å². The van der Waals surface area contributed by atoms with Crippen LogP contribution < -0.4 is 15.4 Å². The van der Waals surface area contributed by atoms with Crippen LogP contribution in [0.1, 0.15) is 17.7 Å². The molecule has 0 bridgehead atoms. The Morgan fingerprint density at radius 1 is 1.10 bits per heavy atom. The van der Waals surface area contributed by atoms with Crippen molar-refractivity contribution in [3.63, 3.8) is 0 Å². The number of furan rings is 1. The zero-order chi connectivity index (χ0) is 20.1. The van der Waals surface area contributed by atoms with Crippen molar-refractivity contribution in [2.45, 2.75) is 19.6 Å². The van der Waals surface area contributed by atoms with Crippen molar-refractivity contribution in [2.24, 2.45) is 4.99 Å². The van der Waals surface area contributed by atoms with Gasteiger partial charge < -0.3 is 19.8 Å². The maximum absolute atomic E-state index is 12.1. The summed E-state index contributed by atoms with van der Waals surface area (Å²) in [6, 6.07) is 13.1. The Hall–Kier alpha value is -1.63. The molecule has 0 amide bonds. The van der Waals surface area contributed by atoms with E-state index in [4.69, 9.17) is 9.15 Å². The molecule has 3 N–H and O–H groups in total. The summed E-state index contributed by atoms with van der Waals surface area (Å²) in [6.45, 7) is 2.25. The second-order valence-electron chi connectivity index (χ2n) is 6.04. The minimum absolute atomic E-state index is 0. The van der Waals surface area contributed by atoms with Crippen LogP contribution in [0.3, 0.4) is 0 Å². The molecule has 0 atom stereocenters. The quantitative estimate of drug-likeness (QED) is 0.166. The van der Waals surface area contributed by atoms with Crippen molar-refractivity contribution in [3.05, 3.63) is 60.1 Å². The van der Waals surface area contributed by atoms with E-state index in [2.05, 4.69) is 20.3 Å². The number of halogens is 1. The Balaban J connectivity index is 0.00000420. The molecule has 0 spiro atoms. The van der Waals surface area contributed by atoms with Crippen molar-refractivity contribution in [1.82, 2.24) is 15.4 Å². The fourth-order valence-electron chi connectivity index (χ4n) is 2.33. The van der Waals surface area contributed by atoms with Gasteiger partial charge in [-0.25, -0.2) is 13.1 Å². The summed E-state index contributed by atoms with van der Waals surface area (Å²) >= 11 is 0. The first-order valence-electron chi connectivity index (χ1n) is 9.15. The van der Waals surface area contributed by atoms with E-state index in [9.17, 15) is 8.42 Å². The average Bonchev–Trinajstić information content (AvgIpc) is 3.22. The molecule has 162 valence electrons. The van der Waals surface area contributed by atoms with E-state index >= 15 is 0 Å². The summed E-state index contributed by atoms with van der Waals surface area (Å²) in [5.41, 5.74) is 0.922. The highest BCUT2D eigenvalue weighted by Crippen LogP contribution is 2.01. The molecule has 0 radical (unpaired) electrons. The molecular weight excluding hydrogens is 507 g/mol. The third-order valence-electron chi connectivity index (χ3n) is 3.81. The number of aliphatic imine (C=N–C) groups is 1. The topological polar surface area (TPSA) is 105 Å². The smallest absolute Gasteiger partial charge is 0.213 e. The molecule has 0 aliphatic heterocycles. The predicted molar refractivity (Wildman–Crippen MR) is 125 cm³/mol. The van der Waals surface area contributed by atoms with E-state index in [1.165, 1.54) is 0 Å². The van der Waals surface area contributed by atoms with Crippen LogP contribution in [0.25, 0.3) is 0 Å². The summed E-state index contributed by atoms with van der Waals surface area (Å²) < 4.78 is 37.4. The van der Waals surface area contributed by atoms with Gasteiger partial charge in [0.2, 0.25) is 10.0 Å². The Labute approximate surface area is 189 Å². The van der Waals surface area contributed by atoms with Crippen LogP contribution in [-0.4, -0.2) is 46.9 Å². The highest BCUT2D eigenvalue weighted by molar-refractivity contribution is 14.0. The number of benzene rings is 1. The number of nitrogens with zero attached hydrogens (tertiary/aromatic N) is 1. The molecule has 0 saturated carbocycles. The maximum atomic E-state index is 12.1. The number of ether oxygens (including phenoxy) is 1. The molecule has 1 aromatic carbocycles. The summed E-state index contributed by atoms with van der Waals surface area (Å²) in [6.07, 6.45) is 2.41. The normalized spacial score (nSPS) is 11.7. The minimum Gasteiger partial charge on any atom is -0.467 e. The summed E-state index contributed by atoms with van der Waals surface area (Å²) in [7, 11) is -1.72. The van der Waals surface area contributed by atoms with Gasteiger partial charge in [0, 0.05) is 33.3 Å². The fourth-order valence-corrected chi connectivity index (χ4v) is 3.24. The first kappa shape index (κ1) is 25.4. The number of nitrogens with one attached hydrogen (secondary N) is 3. The van der Waals surface area contributed by atoms with Crippen molar-refractivity contribution >= 4 is 40.0 Å². The zero-order valence-electron chi connectivity index (χ0n) is 16.5. The lowest BCUT2D eigenvalue weighted by molar-refractivity contribution is 0.105. The molecule has 0 saturated heterocycles. The highest BCUT2D eigenvalue weighted by Gasteiger charge is 2.10. The molecule has 0 fully saturated rings. The van der Waals surface area contributed by atoms with Crippen LogP contribution in [-0.2, 0) is 27.9 Å². The first-order valence-corrected chi connectivity index (χ1v) is 10.8. The molecule has 2 rings (SSSR count). The summed E-state index contributed by atoms with van der Waals surface area (Å²) in [5, 5.41) is 6.13. The van der Waals surface area contributed by atoms with Gasteiger partial charge in [0.15, 0.2) is 5.96 Å². The Morgan fingerprint density at radius 3 is 2.55 bits per heavy atom. The van der Waals surface area contributed by atoms with E-state index in [-0.39, 0.29) is 42.8 Å². The summed E-state index contributed by atoms with van der Waals surface area (Å²) in [4.78, 5) is 4.08. The van der Waals surface area contributed by atoms with E-state index in [1.807, 2.05) is 42.5 Å². The van der Waals surface area contributed by atoms with Gasteiger partial charge in [-0.3, -0.25) is 4.99 Å². The molecule has 2 aromatic rings. The number of sulfonamides is 1. The molecular formula is C19H29IN4O4S. The molecule has 1 heterocycles. The van der Waals surface area contributed by atoms with E-state index in [0.717, 1.165) is 17.7 Å². The maximum Gasteiger partial charge on any atom is 0.213 e. The standard InChI is InChI=1S/C19H28N4O4S.HI/c1-20-19(21-10-6-12-26-16-18-9-5-13-27-18)22-11-14-28(24,25)23-15-17-7-3-2-4-8-17;/h2-5,7-9,13,23H,6,10-12,14-16H2,1H3,(H2,20,21,22);1H. The first-order chi connectivity index (χ1) is 13.6. The van der Waals surface area contributed by atoms with Gasteiger partial charge in [0.05, 0.1) is 12.0 Å². The fraction of sp³-hybridized carbons (Fsp3) is 0.421. The SMILES string of the molecule is CN=C(NCCCOCc1ccco1)NCCS(=O)(=O)NCc1ccccc1.I. The number of hydrogen-bond acceptors (Lipinski definition) is 5. The van der Waals surface area contributed by atoms with Crippen LogP contribution in [0.2, 0.25) is 0 Å². The van der Waals surface area contributed by atoms with Crippen molar-refractivity contribution in [2.75, 3.05) is 32.5 Å². The average molecular weight is 536 g/mol. The Morgan fingerprint density at radius 2 is 1.86 bits per heavy atom. The largest absolute Gasteiger partial charge is 0.467 e. The Kier molecular flexibility index (Phi) is 12.6. The number of rotatable bonds is 12. The van der Waals surface area contributed by atoms with Crippen molar-refractivity contribution in [3.8, 4) is 0 Å². The van der Waals surface area contributed by atoms with Gasteiger partial charge in [-0.2, -0.15) is 0 Å². The molecule has 29 heavy (non-hydrogen) atoms. The Bertz CT molecular complexity index is 799. The third-order valence-corrected chi connectivity index (χ3v) is 5.13. The number of guanidine groups is 1.